The van der Waals surface area contributed by atoms with Crippen LogP contribution in [0.4, 0.5) is 0 Å². The Kier molecular flexibility index (Phi) is 6.79. The second kappa shape index (κ2) is 12.1. The molecular weight excluding hydrogens is 661 g/mol. The first-order chi connectivity index (χ1) is 26.8. The number of benzene rings is 8. The van der Waals surface area contributed by atoms with Crippen LogP contribution in [0.15, 0.2) is 186 Å². The zero-order chi connectivity index (χ0) is 35.6. The fourth-order valence-corrected chi connectivity index (χ4v) is 7.97. The van der Waals surface area contributed by atoms with E-state index >= 15 is 0 Å². The normalized spacial score (nSPS) is 11.7. The molecule has 0 saturated heterocycles. The third-order valence-electron chi connectivity index (χ3n) is 10.5. The van der Waals surface area contributed by atoms with Crippen LogP contribution in [0.5, 0.6) is 0 Å². The summed E-state index contributed by atoms with van der Waals surface area (Å²) >= 11 is 0. The molecule has 0 saturated carbocycles. The SMILES string of the molecule is c1ccc(-c2ccc3oc4c(ccc5c4c4c6ccccc6c(-c6ccccc6)cc4n5-c4nc(-c5ccccc5)nc(-c5ccccc5)n4)c3c2)cc1. The van der Waals surface area contributed by atoms with E-state index in [0.29, 0.717) is 17.6 Å². The van der Waals surface area contributed by atoms with Crippen molar-refractivity contribution in [3.63, 3.8) is 0 Å². The van der Waals surface area contributed by atoms with Crippen molar-refractivity contribution in [1.29, 1.82) is 0 Å². The van der Waals surface area contributed by atoms with Crippen molar-refractivity contribution in [2.24, 2.45) is 0 Å². The van der Waals surface area contributed by atoms with Crippen molar-refractivity contribution < 1.29 is 4.42 Å². The highest BCUT2D eigenvalue weighted by Gasteiger charge is 2.24. The average Bonchev–Trinajstić information content (AvgIpc) is 3.80. The van der Waals surface area contributed by atoms with Gasteiger partial charge in [-0.05, 0) is 63.4 Å². The number of aromatic nitrogens is 4. The van der Waals surface area contributed by atoms with Crippen LogP contribution in [0.2, 0.25) is 0 Å². The van der Waals surface area contributed by atoms with Crippen LogP contribution in [0.25, 0.3) is 105 Å². The summed E-state index contributed by atoms with van der Waals surface area (Å²) in [5.74, 6) is 1.76. The molecule has 0 radical (unpaired) electrons. The second-order valence-electron chi connectivity index (χ2n) is 13.6. The Bertz CT molecular complexity index is 3130. The lowest BCUT2D eigenvalue weighted by atomic mass is 9.94. The molecule has 11 aromatic rings. The van der Waals surface area contributed by atoms with Crippen molar-refractivity contribution in [1.82, 2.24) is 19.5 Å². The lowest BCUT2D eigenvalue weighted by molar-refractivity contribution is 0.673. The summed E-state index contributed by atoms with van der Waals surface area (Å²) < 4.78 is 9.10. The highest BCUT2D eigenvalue weighted by atomic mass is 16.3. The zero-order valence-corrected chi connectivity index (χ0v) is 29.0. The van der Waals surface area contributed by atoms with Gasteiger partial charge in [-0.15, -0.1) is 0 Å². The molecule has 0 N–H and O–H groups in total. The number of fused-ring (bicyclic) bond motifs is 9. The van der Waals surface area contributed by atoms with E-state index in [0.717, 1.165) is 76.9 Å². The van der Waals surface area contributed by atoms with Crippen molar-refractivity contribution in [2.75, 3.05) is 0 Å². The quantitative estimate of drug-likeness (QED) is 0.180. The van der Waals surface area contributed by atoms with Gasteiger partial charge in [-0.1, -0.05) is 152 Å². The maximum absolute atomic E-state index is 6.90. The van der Waals surface area contributed by atoms with Gasteiger partial charge in [0.15, 0.2) is 11.6 Å². The van der Waals surface area contributed by atoms with Crippen LogP contribution in [0, 0.1) is 0 Å². The highest BCUT2D eigenvalue weighted by molar-refractivity contribution is 6.31. The summed E-state index contributed by atoms with van der Waals surface area (Å²) in [6.45, 7) is 0. The largest absolute Gasteiger partial charge is 0.455 e. The van der Waals surface area contributed by atoms with Crippen LogP contribution in [0.1, 0.15) is 0 Å². The first kappa shape index (κ1) is 30.3. The molecule has 0 bridgehead atoms. The van der Waals surface area contributed by atoms with Gasteiger partial charge in [0, 0.05) is 27.3 Å². The molecule has 8 aromatic carbocycles. The molecular formula is C49H30N4O. The summed E-state index contributed by atoms with van der Waals surface area (Å²) in [7, 11) is 0. The lowest BCUT2D eigenvalue weighted by Gasteiger charge is -2.13. The minimum atomic E-state index is 0.541. The van der Waals surface area contributed by atoms with Gasteiger partial charge in [-0.25, -0.2) is 4.98 Å². The molecule has 5 heteroatoms. The van der Waals surface area contributed by atoms with E-state index in [1.165, 1.54) is 10.9 Å². The van der Waals surface area contributed by atoms with Gasteiger partial charge < -0.3 is 4.42 Å². The molecule has 0 aliphatic heterocycles. The maximum atomic E-state index is 6.90. The van der Waals surface area contributed by atoms with E-state index in [1.807, 2.05) is 66.7 Å². The van der Waals surface area contributed by atoms with Crippen molar-refractivity contribution in [2.45, 2.75) is 0 Å². The summed E-state index contributed by atoms with van der Waals surface area (Å²) in [5.41, 5.74) is 10.1. The third-order valence-corrected chi connectivity index (χ3v) is 10.5. The summed E-state index contributed by atoms with van der Waals surface area (Å²) in [6.07, 6.45) is 0. The first-order valence-electron chi connectivity index (χ1n) is 18.1. The highest BCUT2D eigenvalue weighted by Crippen LogP contribution is 2.45. The minimum absolute atomic E-state index is 0.541. The van der Waals surface area contributed by atoms with Gasteiger partial charge in [0.25, 0.3) is 0 Å². The molecule has 252 valence electrons. The molecule has 3 heterocycles. The summed E-state index contributed by atoms with van der Waals surface area (Å²) in [6, 6.07) is 63.2. The molecule has 11 rings (SSSR count). The molecule has 0 spiro atoms. The van der Waals surface area contributed by atoms with E-state index in [1.54, 1.807) is 0 Å². The van der Waals surface area contributed by atoms with Crippen LogP contribution in [-0.2, 0) is 0 Å². The average molecular weight is 691 g/mol. The third kappa shape index (κ3) is 4.76. The number of rotatable bonds is 5. The fourth-order valence-electron chi connectivity index (χ4n) is 7.97. The Morgan fingerprint density at radius 2 is 0.944 bits per heavy atom. The predicted octanol–water partition coefficient (Wildman–Crippen LogP) is 12.7. The Balaban J connectivity index is 1.29. The van der Waals surface area contributed by atoms with E-state index in [4.69, 9.17) is 19.4 Å². The molecule has 0 unspecified atom stereocenters. The molecule has 0 aliphatic carbocycles. The van der Waals surface area contributed by atoms with Gasteiger partial charge in [0.1, 0.15) is 11.2 Å². The minimum Gasteiger partial charge on any atom is -0.455 e. The number of hydrogen-bond donors (Lipinski definition) is 0. The standard InChI is InChI=1S/C49H30N4O/c1-5-15-31(16-6-1)35-25-28-43-40(29-35)38-26-27-41-45(46(38)54-43)44-37-24-14-13-23-36(37)39(32-17-7-2-8-18-32)30-42(44)53(41)49-51-47(33-19-9-3-10-20-33)50-48(52-49)34-21-11-4-12-22-34/h1-30H. The van der Waals surface area contributed by atoms with E-state index in [2.05, 4.69) is 120 Å². The molecule has 3 aromatic heterocycles. The van der Waals surface area contributed by atoms with Crippen LogP contribution >= 0.6 is 0 Å². The predicted molar refractivity (Wildman–Crippen MR) is 221 cm³/mol. The maximum Gasteiger partial charge on any atom is 0.238 e. The molecule has 0 fully saturated rings. The monoisotopic (exact) mass is 690 g/mol. The van der Waals surface area contributed by atoms with Gasteiger partial charge in [-0.3, -0.25) is 4.57 Å². The zero-order valence-electron chi connectivity index (χ0n) is 29.0. The summed E-state index contributed by atoms with van der Waals surface area (Å²) in [5, 5.41) is 6.57. The Hall–Kier alpha value is -7.37. The van der Waals surface area contributed by atoms with E-state index < -0.39 is 0 Å². The first-order valence-corrected chi connectivity index (χ1v) is 18.1. The molecule has 0 amide bonds. The van der Waals surface area contributed by atoms with Crippen LogP contribution in [-0.4, -0.2) is 19.5 Å². The molecule has 5 nitrogen and oxygen atoms in total. The fraction of sp³-hybridized carbons (Fsp3) is 0. The van der Waals surface area contributed by atoms with Crippen LogP contribution < -0.4 is 0 Å². The smallest absolute Gasteiger partial charge is 0.238 e. The number of nitrogens with zero attached hydrogens (tertiary/aromatic N) is 4. The van der Waals surface area contributed by atoms with Gasteiger partial charge in [0.2, 0.25) is 5.95 Å². The van der Waals surface area contributed by atoms with E-state index in [9.17, 15) is 0 Å². The summed E-state index contributed by atoms with van der Waals surface area (Å²) in [4.78, 5) is 15.5. The molecule has 0 atom stereocenters. The van der Waals surface area contributed by atoms with E-state index in [-0.39, 0.29) is 0 Å². The second-order valence-corrected chi connectivity index (χ2v) is 13.6. The number of hydrogen-bond acceptors (Lipinski definition) is 4. The Morgan fingerprint density at radius 3 is 1.59 bits per heavy atom. The van der Waals surface area contributed by atoms with Gasteiger partial charge in [-0.2, -0.15) is 9.97 Å². The number of furan rings is 1. The Labute approximate surface area is 310 Å². The van der Waals surface area contributed by atoms with Gasteiger partial charge in [0.05, 0.1) is 16.4 Å². The topological polar surface area (TPSA) is 56.7 Å². The Morgan fingerprint density at radius 1 is 0.370 bits per heavy atom. The molecule has 0 aliphatic rings. The van der Waals surface area contributed by atoms with Crippen molar-refractivity contribution in [3.8, 4) is 51.0 Å². The lowest BCUT2D eigenvalue weighted by Crippen LogP contribution is -2.06. The van der Waals surface area contributed by atoms with Crippen molar-refractivity contribution >= 4 is 54.5 Å². The molecule has 54 heavy (non-hydrogen) atoms. The van der Waals surface area contributed by atoms with Crippen molar-refractivity contribution in [3.05, 3.63) is 182 Å². The van der Waals surface area contributed by atoms with Crippen LogP contribution in [0.3, 0.4) is 0 Å². The van der Waals surface area contributed by atoms with Gasteiger partial charge >= 0.3 is 0 Å².